The molecular weight excluding hydrogens is 425 g/mol. The number of fused-ring (bicyclic) bond motifs is 2. The SMILES string of the molecule is COc1ccc2cc(C(=O)N3CCC[C@@H](c4cc(C(F)(F)F)n5ncnc5n4)C3)[nH]c2c1. The number of likely N-dealkylation sites (tertiary alicyclic amines) is 1. The van der Waals surface area contributed by atoms with Gasteiger partial charge in [0.05, 0.1) is 12.8 Å². The van der Waals surface area contributed by atoms with Gasteiger partial charge >= 0.3 is 6.18 Å². The minimum absolute atomic E-state index is 0.108. The minimum atomic E-state index is -4.60. The van der Waals surface area contributed by atoms with E-state index in [4.69, 9.17) is 4.74 Å². The first-order valence-electron chi connectivity index (χ1n) is 10.1. The maximum Gasteiger partial charge on any atom is 0.433 e. The number of aromatic amines is 1. The number of rotatable bonds is 3. The molecule has 32 heavy (non-hydrogen) atoms. The molecule has 4 aromatic rings. The van der Waals surface area contributed by atoms with E-state index in [0.29, 0.717) is 35.3 Å². The molecule has 0 saturated carbocycles. The average molecular weight is 444 g/mol. The van der Waals surface area contributed by atoms with Crippen LogP contribution in [0.3, 0.4) is 0 Å². The van der Waals surface area contributed by atoms with Crippen LogP contribution >= 0.6 is 0 Å². The maximum absolute atomic E-state index is 13.5. The number of nitrogens with one attached hydrogen (secondary N) is 1. The fourth-order valence-electron chi connectivity index (χ4n) is 4.16. The fraction of sp³-hybridized carbons (Fsp3) is 0.333. The van der Waals surface area contributed by atoms with Crippen molar-refractivity contribution in [2.24, 2.45) is 0 Å². The number of hydrogen-bond donors (Lipinski definition) is 1. The highest BCUT2D eigenvalue weighted by Gasteiger charge is 2.36. The first-order valence-corrected chi connectivity index (χ1v) is 10.1. The molecule has 3 aromatic heterocycles. The van der Waals surface area contributed by atoms with E-state index in [0.717, 1.165) is 23.3 Å². The lowest BCUT2D eigenvalue weighted by molar-refractivity contribution is -0.142. The van der Waals surface area contributed by atoms with Gasteiger partial charge in [-0.1, -0.05) is 0 Å². The number of aromatic nitrogens is 5. The van der Waals surface area contributed by atoms with Gasteiger partial charge in [0.15, 0.2) is 5.69 Å². The van der Waals surface area contributed by atoms with Crippen LogP contribution in [0, 0.1) is 0 Å². The second-order valence-corrected chi connectivity index (χ2v) is 7.76. The van der Waals surface area contributed by atoms with Crippen molar-refractivity contribution in [1.82, 2.24) is 29.5 Å². The van der Waals surface area contributed by atoms with Crippen LogP contribution in [0.5, 0.6) is 5.75 Å². The van der Waals surface area contributed by atoms with Crippen LogP contribution in [0.2, 0.25) is 0 Å². The van der Waals surface area contributed by atoms with Gasteiger partial charge in [-0.05, 0) is 37.1 Å². The molecule has 5 rings (SSSR count). The van der Waals surface area contributed by atoms with Gasteiger partial charge in [0.1, 0.15) is 17.8 Å². The van der Waals surface area contributed by atoms with Crippen LogP contribution in [-0.4, -0.2) is 55.6 Å². The first-order chi connectivity index (χ1) is 15.3. The molecule has 0 aliphatic carbocycles. The van der Waals surface area contributed by atoms with E-state index in [9.17, 15) is 18.0 Å². The second-order valence-electron chi connectivity index (χ2n) is 7.76. The highest BCUT2D eigenvalue weighted by atomic mass is 19.4. The van der Waals surface area contributed by atoms with Gasteiger partial charge in [-0.15, -0.1) is 0 Å². The molecule has 0 unspecified atom stereocenters. The molecule has 1 fully saturated rings. The predicted octanol–water partition coefficient (Wildman–Crippen LogP) is 3.65. The number of halogens is 3. The molecule has 1 aliphatic rings. The Morgan fingerprint density at radius 1 is 1.25 bits per heavy atom. The Morgan fingerprint density at radius 2 is 2.09 bits per heavy atom. The van der Waals surface area contributed by atoms with E-state index in [1.807, 2.05) is 18.2 Å². The Kier molecular flexibility index (Phi) is 4.75. The highest BCUT2D eigenvalue weighted by Crippen LogP contribution is 2.33. The lowest BCUT2D eigenvalue weighted by atomic mass is 9.94. The van der Waals surface area contributed by atoms with Crippen LogP contribution in [0.15, 0.2) is 36.7 Å². The Morgan fingerprint density at radius 3 is 2.88 bits per heavy atom. The van der Waals surface area contributed by atoms with Gasteiger partial charge in [-0.2, -0.15) is 27.8 Å². The molecule has 8 nitrogen and oxygen atoms in total. The Hall–Kier alpha value is -3.63. The van der Waals surface area contributed by atoms with E-state index in [1.54, 1.807) is 18.1 Å². The molecule has 1 amide bonds. The number of carbonyl (C=O) groups is 1. The first kappa shape index (κ1) is 20.3. The van der Waals surface area contributed by atoms with Gasteiger partial charge in [0.25, 0.3) is 11.7 Å². The number of H-pyrrole nitrogens is 1. The van der Waals surface area contributed by atoms with E-state index < -0.39 is 11.9 Å². The van der Waals surface area contributed by atoms with Gasteiger partial charge in [-0.3, -0.25) is 4.79 Å². The molecule has 1 aromatic carbocycles. The van der Waals surface area contributed by atoms with Crippen LogP contribution in [-0.2, 0) is 6.18 Å². The molecule has 1 atom stereocenters. The molecule has 1 aliphatic heterocycles. The van der Waals surface area contributed by atoms with Crippen molar-refractivity contribution in [3.05, 3.63) is 53.7 Å². The van der Waals surface area contributed by atoms with Crippen molar-refractivity contribution in [2.45, 2.75) is 24.9 Å². The summed E-state index contributed by atoms with van der Waals surface area (Å²) in [7, 11) is 1.57. The smallest absolute Gasteiger partial charge is 0.433 e. The number of nitrogens with zero attached hydrogens (tertiary/aromatic N) is 5. The Balaban J connectivity index is 1.43. The number of carbonyl (C=O) groups excluding carboxylic acids is 1. The molecule has 11 heteroatoms. The number of hydrogen-bond acceptors (Lipinski definition) is 5. The summed E-state index contributed by atoms with van der Waals surface area (Å²) in [6, 6.07) is 8.25. The molecular formula is C21H19F3N6O2. The summed E-state index contributed by atoms with van der Waals surface area (Å²) in [6.07, 6.45) is -2.27. The van der Waals surface area contributed by atoms with Crippen molar-refractivity contribution in [1.29, 1.82) is 0 Å². The Bertz CT molecular complexity index is 1310. The van der Waals surface area contributed by atoms with Crippen molar-refractivity contribution < 1.29 is 22.7 Å². The molecule has 0 spiro atoms. The number of piperidine rings is 1. The van der Waals surface area contributed by atoms with Crippen molar-refractivity contribution in [2.75, 3.05) is 20.2 Å². The van der Waals surface area contributed by atoms with Crippen LogP contribution in [0.1, 0.15) is 40.6 Å². The van der Waals surface area contributed by atoms with Gasteiger partial charge < -0.3 is 14.6 Å². The normalized spacial score (nSPS) is 17.2. The van der Waals surface area contributed by atoms with Crippen LogP contribution in [0.25, 0.3) is 16.7 Å². The molecule has 1 saturated heterocycles. The predicted molar refractivity (Wildman–Crippen MR) is 109 cm³/mol. The average Bonchev–Trinajstić information content (AvgIpc) is 3.43. The van der Waals surface area contributed by atoms with E-state index >= 15 is 0 Å². The number of methoxy groups -OCH3 is 1. The zero-order valence-corrected chi connectivity index (χ0v) is 17.1. The number of ether oxygens (including phenoxy) is 1. The number of benzene rings is 1. The topological polar surface area (TPSA) is 88.4 Å². The van der Waals surface area contributed by atoms with Gasteiger partial charge in [-0.25, -0.2) is 4.98 Å². The third-order valence-corrected chi connectivity index (χ3v) is 5.75. The largest absolute Gasteiger partial charge is 0.497 e. The van der Waals surface area contributed by atoms with E-state index in [-0.39, 0.29) is 29.8 Å². The molecule has 0 radical (unpaired) electrons. The summed E-state index contributed by atoms with van der Waals surface area (Å²) < 4.78 is 46.5. The van der Waals surface area contributed by atoms with Crippen molar-refractivity contribution in [3.63, 3.8) is 0 Å². The maximum atomic E-state index is 13.5. The summed E-state index contributed by atoms with van der Waals surface area (Å²) in [5.41, 5.74) is 0.528. The fourth-order valence-corrected chi connectivity index (χ4v) is 4.16. The van der Waals surface area contributed by atoms with Gasteiger partial charge in [0, 0.05) is 36.0 Å². The lowest BCUT2D eigenvalue weighted by Gasteiger charge is -2.32. The van der Waals surface area contributed by atoms with Crippen LogP contribution in [0.4, 0.5) is 13.2 Å². The third kappa shape index (κ3) is 3.53. The third-order valence-electron chi connectivity index (χ3n) is 5.75. The molecule has 4 heterocycles. The summed E-state index contributed by atoms with van der Waals surface area (Å²) in [5, 5.41) is 4.50. The number of amides is 1. The molecule has 166 valence electrons. The standard InChI is InChI=1S/C21H19F3N6O2/c1-32-14-5-4-12-7-17(27-15(12)8-14)19(31)29-6-2-3-13(10-29)16-9-18(21(22,23)24)30-20(28-16)25-11-26-30/h4-5,7-9,11,13,27H,2-3,6,10H2,1H3/t13-/m1/s1. The second kappa shape index (κ2) is 7.50. The van der Waals surface area contributed by atoms with E-state index in [2.05, 4.69) is 20.1 Å². The highest BCUT2D eigenvalue weighted by molar-refractivity contribution is 5.98. The number of alkyl halides is 3. The summed E-state index contributed by atoms with van der Waals surface area (Å²) in [5.74, 6) is 0.0269. The molecule has 1 N–H and O–H groups in total. The molecule has 0 bridgehead atoms. The summed E-state index contributed by atoms with van der Waals surface area (Å²) in [6.45, 7) is 0.791. The lowest BCUT2D eigenvalue weighted by Crippen LogP contribution is -2.39. The zero-order chi connectivity index (χ0) is 22.5. The van der Waals surface area contributed by atoms with Gasteiger partial charge in [0.2, 0.25) is 0 Å². The summed E-state index contributed by atoms with van der Waals surface area (Å²) in [4.78, 5) is 26.0. The van der Waals surface area contributed by atoms with Crippen LogP contribution < -0.4 is 4.74 Å². The van der Waals surface area contributed by atoms with E-state index in [1.165, 1.54) is 0 Å². The zero-order valence-electron chi connectivity index (χ0n) is 17.1. The van der Waals surface area contributed by atoms with Crippen molar-refractivity contribution >= 4 is 22.6 Å². The summed E-state index contributed by atoms with van der Waals surface area (Å²) >= 11 is 0. The minimum Gasteiger partial charge on any atom is -0.497 e. The monoisotopic (exact) mass is 444 g/mol. The quantitative estimate of drug-likeness (QED) is 0.521. The Labute approximate surface area is 180 Å². The van der Waals surface area contributed by atoms with Crippen molar-refractivity contribution in [3.8, 4) is 5.75 Å².